The van der Waals surface area contributed by atoms with Gasteiger partial charge in [-0.05, 0) is 59.9 Å². The molecule has 0 fully saturated rings. The number of nitrogens with one attached hydrogen (secondary N) is 1. The van der Waals surface area contributed by atoms with Gasteiger partial charge in [0.05, 0.1) is 19.9 Å². The Kier molecular flexibility index (Phi) is 10.2. The first-order chi connectivity index (χ1) is 16.0. The Morgan fingerprint density at radius 1 is 1.03 bits per heavy atom. The summed E-state index contributed by atoms with van der Waals surface area (Å²) in [6, 6.07) is 12.2. The first-order valence-electron chi connectivity index (χ1n) is 12.0. The monoisotopic (exact) mass is 530 g/mol. The third kappa shape index (κ3) is 7.59. The number of methoxy groups -OCH3 is 1. The molecule has 2 rings (SSSR count). The van der Waals surface area contributed by atoms with Crippen molar-refractivity contribution in [3.8, 4) is 11.5 Å². The molecule has 0 aliphatic rings. The summed E-state index contributed by atoms with van der Waals surface area (Å²) in [7, 11) is 1.60. The number of amides is 1. The highest BCUT2D eigenvalue weighted by Gasteiger charge is 2.26. The van der Waals surface area contributed by atoms with E-state index in [-0.39, 0.29) is 16.7 Å². The maximum absolute atomic E-state index is 12.2. The molecule has 6 heteroatoms. The summed E-state index contributed by atoms with van der Waals surface area (Å²) in [4.78, 5) is 12.2. The van der Waals surface area contributed by atoms with Gasteiger partial charge in [0.15, 0.2) is 0 Å². The number of halogens is 1. The summed E-state index contributed by atoms with van der Waals surface area (Å²) >= 11 is 3.43. The molecular formula is C28H39BrN2O3. The number of benzene rings is 2. The molecule has 0 aromatic heterocycles. The topological polar surface area (TPSA) is 59.9 Å². The second-order valence-electron chi connectivity index (χ2n) is 9.82. The molecule has 1 amide bonds. The van der Waals surface area contributed by atoms with E-state index in [9.17, 15) is 4.79 Å². The molecule has 0 aliphatic heterocycles. The molecule has 0 atom stereocenters. The van der Waals surface area contributed by atoms with Crippen LogP contribution in [-0.2, 0) is 15.6 Å². The van der Waals surface area contributed by atoms with Crippen molar-refractivity contribution in [1.82, 2.24) is 5.43 Å². The van der Waals surface area contributed by atoms with E-state index < -0.39 is 0 Å². The fraction of sp³-hybridized carbons (Fsp3) is 0.500. The second-order valence-corrected chi connectivity index (χ2v) is 10.7. The number of carbonyl (C=O) groups excluding carboxylic acids is 1. The minimum atomic E-state index is -0.150. The van der Waals surface area contributed by atoms with Crippen LogP contribution in [0.2, 0.25) is 0 Å². The van der Waals surface area contributed by atoms with Gasteiger partial charge in [-0.2, -0.15) is 5.10 Å². The second kappa shape index (κ2) is 12.4. The Morgan fingerprint density at radius 3 is 2.35 bits per heavy atom. The molecule has 2 aromatic rings. The summed E-state index contributed by atoms with van der Waals surface area (Å²) in [6.45, 7) is 14.0. The van der Waals surface area contributed by atoms with Gasteiger partial charge >= 0.3 is 0 Å². The number of rotatable bonds is 12. The first-order valence-corrected chi connectivity index (χ1v) is 12.8. The molecule has 5 nitrogen and oxygen atoms in total. The number of ether oxygens (including phenoxy) is 2. The van der Waals surface area contributed by atoms with Gasteiger partial charge in [0, 0.05) is 22.0 Å². The number of hydrazone groups is 1. The van der Waals surface area contributed by atoms with Crippen molar-refractivity contribution < 1.29 is 14.3 Å². The van der Waals surface area contributed by atoms with E-state index in [1.165, 1.54) is 11.1 Å². The van der Waals surface area contributed by atoms with Crippen LogP contribution in [0.5, 0.6) is 11.5 Å². The van der Waals surface area contributed by atoms with E-state index in [4.69, 9.17) is 9.47 Å². The SMILES string of the molecule is CCC(C)(C)c1ccc(OCCCC(=O)N/N=C/c2cc(Br)ccc2OC)c(C(C)(C)CC)c1. The fourth-order valence-electron chi connectivity index (χ4n) is 3.45. The van der Waals surface area contributed by atoms with Gasteiger partial charge < -0.3 is 9.47 Å². The molecule has 0 bridgehead atoms. The van der Waals surface area contributed by atoms with Gasteiger partial charge in [-0.3, -0.25) is 4.79 Å². The average molecular weight is 532 g/mol. The highest BCUT2D eigenvalue weighted by Crippen LogP contribution is 2.38. The normalized spacial score (nSPS) is 12.1. The lowest BCUT2D eigenvalue weighted by atomic mass is 9.76. The summed E-state index contributed by atoms with van der Waals surface area (Å²) in [5.74, 6) is 1.44. The molecular weight excluding hydrogens is 492 g/mol. The fourth-order valence-corrected chi connectivity index (χ4v) is 3.83. The van der Waals surface area contributed by atoms with Crippen LogP contribution < -0.4 is 14.9 Å². The van der Waals surface area contributed by atoms with Gasteiger partial charge in [0.2, 0.25) is 5.91 Å². The minimum Gasteiger partial charge on any atom is -0.496 e. The lowest BCUT2D eigenvalue weighted by Gasteiger charge is -2.30. The molecule has 0 spiro atoms. The van der Waals surface area contributed by atoms with Crippen molar-refractivity contribution in [3.63, 3.8) is 0 Å². The van der Waals surface area contributed by atoms with Crippen molar-refractivity contribution >= 4 is 28.1 Å². The Bertz CT molecular complexity index is 999. The zero-order chi connectivity index (χ0) is 25.4. The lowest BCUT2D eigenvalue weighted by molar-refractivity contribution is -0.121. The largest absolute Gasteiger partial charge is 0.496 e. The van der Waals surface area contributed by atoms with Gasteiger partial charge in [0.1, 0.15) is 11.5 Å². The third-order valence-corrected chi connectivity index (χ3v) is 7.14. The van der Waals surface area contributed by atoms with Crippen molar-refractivity contribution in [2.24, 2.45) is 5.10 Å². The first kappa shape index (κ1) is 27.9. The van der Waals surface area contributed by atoms with Gasteiger partial charge in [-0.1, -0.05) is 69.6 Å². The number of hydrogen-bond acceptors (Lipinski definition) is 4. The maximum Gasteiger partial charge on any atom is 0.240 e. The Hall–Kier alpha value is -2.34. The van der Waals surface area contributed by atoms with Gasteiger partial charge in [0.25, 0.3) is 0 Å². The van der Waals surface area contributed by atoms with Crippen LogP contribution in [0.4, 0.5) is 0 Å². The van der Waals surface area contributed by atoms with E-state index in [2.05, 4.69) is 86.2 Å². The van der Waals surface area contributed by atoms with Gasteiger partial charge in [-0.25, -0.2) is 5.43 Å². The van der Waals surface area contributed by atoms with Crippen LogP contribution >= 0.6 is 15.9 Å². The highest BCUT2D eigenvalue weighted by molar-refractivity contribution is 9.10. The zero-order valence-corrected chi connectivity index (χ0v) is 23.2. The number of hydrogen-bond donors (Lipinski definition) is 1. The smallest absolute Gasteiger partial charge is 0.240 e. The minimum absolute atomic E-state index is 0.00867. The van der Waals surface area contributed by atoms with Crippen molar-refractivity contribution in [1.29, 1.82) is 0 Å². The molecule has 34 heavy (non-hydrogen) atoms. The van der Waals surface area contributed by atoms with Crippen molar-refractivity contribution in [2.45, 2.75) is 78.1 Å². The standard InChI is InChI=1S/C28H39BrN2O3/c1-8-27(3,4)21-12-14-25(23(18-21)28(5,6)9-2)34-16-10-11-26(32)31-30-19-20-17-22(29)13-15-24(20)33-7/h12-15,17-19H,8-11,16H2,1-7H3,(H,31,32)/b30-19+. The zero-order valence-electron chi connectivity index (χ0n) is 21.6. The molecule has 0 saturated carbocycles. The van der Waals surface area contributed by atoms with Crippen LogP contribution in [0, 0.1) is 0 Å². The predicted octanol–water partition coefficient (Wildman–Crippen LogP) is 7.14. The average Bonchev–Trinajstić information content (AvgIpc) is 2.82. The van der Waals surface area contributed by atoms with E-state index in [1.54, 1.807) is 13.3 Å². The van der Waals surface area contributed by atoms with E-state index in [1.807, 2.05) is 18.2 Å². The molecule has 0 saturated heterocycles. The summed E-state index contributed by atoms with van der Waals surface area (Å²) in [5, 5.41) is 4.06. The molecule has 186 valence electrons. The van der Waals surface area contributed by atoms with E-state index >= 15 is 0 Å². The quantitative estimate of drug-likeness (QED) is 0.180. The molecule has 0 aliphatic carbocycles. The van der Waals surface area contributed by atoms with Crippen LogP contribution in [0.25, 0.3) is 0 Å². The van der Waals surface area contributed by atoms with Crippen LogP contribution in [0.3, 0.4) is 0 Å². The lowest BCUT2D eigenvalue weighted by Crippen LogP contribution is -2.21. The molecule has 1 N–H and O–H groups in total. The molecule has 0 radical (unpaired) electrons. The third-order valence-electron chi connectivity index (χ3n) is 6.65. The van der Waals surface area contributed by atoms with E-state index in [0.717, 1.165) is 28.6 Å². The van der Waals surface area contributed by atoms with Gasteiger partial charge in [-0.15, -0.1) is 0 Å². The predicted molar refractivity (Wildman–Crippen MR) is 144 cm³/mol. The number of nitrogens with zero attached hydrogens (tertiary/aromatic N) is 1. The Labute approximate surface area is 213 Å². The van der Waals surface area contributed by atoms with Crippen LogP contribution in [0.1, 0.15) is 83.9 Å². The highest BCUT2D eigenvalue weighted by atomic mass is 79.9. The molecule has 0 unspecified atom stereocenters. The van der Waals surface area contributed by atoms with Crippen molar-refractivity contribution in [2.75, 3.05) is 13.7 Å². The van der Waals surface area contributed by atoms with Crippen LogP contribution in [-0.4, -0.2) is 25.8 Å². The summed E-state index contributed by atoms with van der Waals surface area (Å²) in [5.41, 5.74) is 6.05. The summed E-state index contributed by atoms with van der Waals surface area (Å²) < 4.78 is 12.4. The van der Waals surface area contributed by atoms with E-state index in [0.29, 0.717) is 25.2 Å². The Morgan fingerprint density at radius 2 is 1.71 bits per heavy atom. The molecule has 2 aromatic carbocycles. The van der Waals surface area contributed by atoms with Crippen LogP contribution in [0.15, 0.2) is 46.0 Å². The summed E-state index contributed by atoms with van der Waals surface area (Å²) in [6.07, 6.45) is 4.61. The number of carbonyl (C=O) groups is 1. The molecule has 0 heterocycles. The van der Waals surface area contributed by atoms with Crippen molar-refractivity contribution in [3.05, 3.63) is 57.6 Å². The Balaban J connectivity index is 1.95. The maximum atomic E-state index is 12.2.